The Morgan fingerprint density at radius 1 is 1.39 bits per heavy atom. The van der Waals surface area contributed by atoms with Crippen molar-refractivity contribution in [2.75, 3.05) is 13.1 Å². The summed E-state index contributed by atoms with van der Waals surface area (Å²) in [6.07, 6.45) is 0. The quantitative estimate of drug-likeness (QED) is 0.858. The first-order valence-corrected chi connectivity index (χ1v) is 7.15. The molecule has 3 nitrogen and oxygen atoms in total. The monoisotopic (exact) mass is 330 g/mol. The maximum atomic E-state index is 12.4. The summed E-state index contributed by atoms with van der Waals surface area (Å²) < 4.78 is 0.881. The Balaban J connectivity index is 2.20. The van der Waals surface area contributed by atoms with Crippen LogP contribution in [0, 0.1) is 0 Å². The molecule has 2 rings (SSSR count). The lowest BCUT2D eigenvalue weighted by molar-refractivity contribution is 0.0674. The molecule has 2 unspecified atom stereocenters. The second kappa shape index (κ2) is 5.59. The second-order valence-corrected chi connectivity index (χ2v) is 6.13. The fourth-order valence-electron chi connectivity index (χ4n) is 2.33. The molecule has 0 bridgehead atoms. The third-order valence-corrected chi connectivity index (χ3v) is 3.81. The van der Waals surface area contributed by atoms with Gasteiger partial charge >= 0.3 is 0 Å². The van der Waals surface area contributed by atoms with Crippen molar-refractivity contribution in [3.63, 3.8) is 0 Å². The van der Waals surface area contributed by atoms with Crippen molar-refractivity contribution in [3.8, 4) is 0 Å². The van der Waals surface area contributed by atoms with Gasteiger partial charge in [0.1, 0.15) is 0 Å². The Hall–Kier alpha value is -0.580. The number of nitrogens with zero attached hydrogens (tertiary/aromatic N) is 1. The van der Waals surface area contributed by atoms with Gasteiger partial charge in [-0.3, -0.25) is 4.79 Å². The van der Waals surface area contributed by atoms with Crippen LogP contribution in [-0.2, 0) is 0 Å². The SMILES string of the molecule is CC1CN(C(=O)c2ccc(Br)cc2Cl)CC(C)N1. The zero-order valence-corrected chi connectivity index (χ0v) is 12.8. The van der Waals surface area contributed by atoms with Crippen LogP contribution in [0.4, 0.5) is 0 Å². The standard InChI is InChI=1S/C13H16BrClN2O/c1-8-6-17(7-9(2)16-8)13(18)11-4-3-10(14)5-12(11)15/h3-5,8-9,16H,6-7H2,1-2H3. The van der Waals surface area contributed by atoms with Crippen LogP contribution < -0.4 is 5.32 Å². The van der Waals surface area contributed by atoms with Gasteiger partial charge in [0.15, 0.2) is 0 Å². The smallest absolute Gasteiger partial charge is 0.255 e. The van der Waals surface area contributed by atoms with Crippen molar-refractivity contribution < 1.29 is 4.79 Å². The molecule has 2 atom stereocenters. The van der Waals surface area contributed by atoms with E-state index in [-0.39, 0.29) is 5.91 Å². The van der Waals surface area contributed by atoms with E-state index in [9.17, 15) is 4.79 Å². The molecule has 5 heteroatoms. The number of hydrogen-bond acceptors (Lipinski definition) is 2. The number of benzene rings is 1. The highest BCUT2D eigenvalue weighted by Crippen LogP contribution is 2.23. The summed E-state index contributed by atoms with van der Waals surface area (Å²) in [4.78, 5) is 14.3. The Bertz CT molecular complexity index is 456. The second-order valence-electron chi connectivity index (χ2n) is 4.80. The number of carbonyl (C=O) groups excluding carboxylic acids is 1. The predicted molar refractivity (Wildman–Crippen MR) is 77.1 cm³/mol. The average Bonchev–Trinajstić information content (AvgIpc) is 2.26. The van der Waals surface area contributed by atoms with E-state index in [0.717, 1.165) is 17.6 Å². The van der Waals surface area contributed by atoms with Crippen LogP contribution in [0.25, 0.3) is 0 Å². The molecule has 0 aliphatic carbocycles. The third kappa shape index (κ3) is 3.05. The Morgan fingerprint density at radius 2 is 2.00 bits per heavy atom. The van der Waals surface area contributed by atoms with Gasteiger partial charge in [-0.25, -0.2) is 0 Å². The summed E-state index contributed by atoms with van der Waals surface area (Å²) in [7, 11) is 0. The van der Waals surface area contributed by atoms with Gasteiger partial charge in [-0.15, -0.1) is 0 Å². The largest absolute Gasteiger partial charge is 0.336 e. The van der Waals surface area contributed by atoms with E-state index in [2.05, 4.69) is 35.1 Å². The van der Waals surface area contributed by atoms with Crippen LogP contribution in [0.15, 0.2) is 22.7 Å². The molecular formula is C13H16BrClN2O. The molecule has 0 radical (unpaired) electrons. The summed E-state index contributed by atoms with van der Waals surface area (Å²) in [5, 5.41) is 3.90. The summed E-state index contributed by atoms with van der Waals surface area (Å²) in [6.45, 7) is 5.60. The molecule has 0 aromatic heterocycles. The third-order valence-electron chi connectivity index (χ3n) is 3.01. The van der Waals surface area contributed by atoms with Gasteiger partial charge in [-0.05, 0) is 32.0 Å². The van der Waals surface area contributed by atoms with Crippen LogP contribution in [-0.4, -0.2) is 36.0 Å². The maximum Gasteiger partial charge on any atom is 0.255 e. The van der Waals surface area contributed by atoms with Gasteiger partial charge in [0.2, 0.25) is 0 Å². The number of rotatable bonds is 1. The van der Waals surface area contributed by atoms with Gasteiger partial charge in [0, 0.05) is 29.6 Å². The lowest BCUT2D eigenvalue weighted by Crippen LogP contribution is -2.55. The molecule has 1 aromatic rings. The molecule has 1 fully saturated rings. The number of piperazine rings is 1. The van der Waals surface area contributed by atoms with Gasteiger partial charge in [-0.2, -0.15) is 0 Å². The molecule has 1 aliphatic rings. The van der Waals surface area contributed by atoms with Crippen molar-refractivity contribution in [3.05, 3.63) is 33.3 Å². The zero-order chi connectivity index (χ0) is 13.3. The Labute approximate surface area is 121 Å². The van der Waals surface area contributed by atoms with E-state index in [4.69, 9.17) is 11.6 Å². The van der Waals surface area contributed by atoms with E-state index in [0.29, 0.717) is 22.7 Å². The van der Waals surface area contributed by atoms with Crippen molar-refractivity contribution in [2.45, 2.75) is 25.9 Å². The molecule has 1 amide bonds. The fourth-order valence-corrected chi connectivity index (χ4v) is 3.08. The van der Waals surface area contributed by atoms with Crippen LogP contribution in [0.3, 0.4) is 0 Å². The van der Waals surface area contributed by atoms with E-state index >= 15 is 0 Å². The minimum Gasteiger partial charge on any atom is -0.336 e. The minimum atomic E-state index is 0.00713. The van der Waals surface area contributed by atoms with Crippen LogP contribution >= 0.6 is 27.5 Å². The van der Waals surface area contributed by atoms with Crippen molar-refractivity contribution in [1.29, 1.82) is 0 Å². The van der Waals surface area contributed by atoms with Gasteiger partial charge in [0.25, 0.3) is 5.91 Å². The molecule has 0 saturated carbocycles. The zero-order valence-electron chi connectivity index (χ0n) is 10.4. The fraction of sp³-hybridized carbons (Fsp3) is 0.462. The van der Waals surface area contributed by atoms with E-state index in [1.54, 1.807) is 12.1 Å². The van der Waals surface area contributed by atoms with Crippen molar-refractivity contribution >= 4 is 33.4 Å². The molecule has 1 aromatic carbocycles. The van der Waals surface area contributed by atoms with Gasteiger partial charge in [0.05, 0.1) is 10.6 Å². The van der Waals surface area contributed by atoms with Crippen LogP contribution in [0.5, 0.6) is 0 Å². The van der Waals surface area contributed by atoms with E-state index in [1.807, 2.05) is 11.0 Å². The molecule has 18 heavy (non-hydrogen) atoms. The molecule has 1 N–H and O–H groups in total. The first kappa shape index (κ1) is 13.8. The highest BCUT2D eigenvalue weighted by Gasteiger charge is 2.26. The normalized spacial score (nSPS) is 24.1. The average molecular weight is 332 g/mol. The first-order chi connectivity index (χ1) is 8.47. The summed E-state index contributed by atoms with van der Waals surface area (Å²) >= 11 is 9.46. The summed E-state index contributed by atoms with van der Waals surface area (Å²) in [5.74, 6) is 0.00713. The molecule has 0 spiro atoms. The molecule has 1 saturated heterocycles. The number of nitrogens with one attached hydrogen (secondary N) is 1. The Morgan fingerprint density at radius 3 is 2.56 bits per heavy atom. The lowest BCUT2D eigenvalue weighted by atomic mass is 10.1. The molecular weight excluding hydrogens is 316 g/mol. The summed E-state index contributed by atoms with van der Waals surface area (Å²) in [6, 6.07) is 5.99. The summed E-state index contributed by atoms with van der Waals surface area (Å²) in [5.41, 5.74) is 0.571. The number of amides is 1. The van der Waals surface area contributed by atoms with Crippen LogP contribution in [0.2, 0.25) is 5.02 Å². The first-order valence-electron chi connectivity index (χ1n) is 5.97. The van der Waals surface area contributed by atoms with Crippen LogP contribution in [0.1, 0.15) is 24.2 Å². The van der Waals surface area contributed by atoms with Gasteiger partial charge < -0.3 is 10.2 Å². The van der Waals surface area contributed by atoms with Gasteiger partial charge in [-0.1, -0.05) is 27.5 Å². The topological polar surface area (TPSA) is 32.3 Å². The highest BCUT2D eigenvalue weighted by atomic mass is 79.9. The number of hydrogen-bond donors (Lipinski definition) is 1. The van der Waals surface area contributed by atoms with Crippen molar-refractivity contribution in [1.82, 2.24) is 10.2 Å². The minimum absolute atomic E-state index is 0.00713. The Kier molecular flexibility index (Phi) is 4.30. The molecule has 1 aliphatic heterocycles. The van der Waals surface area contributed by atoms with E-state index in [1.165, 1.54) is 0 Å². The highest BCUT2D eigenvalue weighted by molar-refractivity contribution is 9.10. The molecule has 98 valence electrons. The number of carbonyl (C=O) groups is 1. The lowest BCUT2D eigenvalue weighted by Gasteiger charge is -2.36. The molecule has 1 heterocycles. The van der Waals surface area contributed by atoms with Crippen molar-refractivity contribution in [2.24, 2.45) is 0 Å². The maximum absolute atomic E-state index is 12.4. The predicted octanol–water partition coefficient (Wildman–Crippen LogP) is 2.92. The van der Waals surface area contributed by atoms with E-state index < -0.39 is 0 Å². The number of halogens is 2.